The van der Waals surface area contributed by atoms with Gasteiger partial charge in [0.2, 0.25) is 0 Å². The Kier molecular flexibility index (Phi) is 5.68. The lowest BCUT2D eigenvalue weighted by Gasteiger charge is -2.26. The van der Waals surface area contributed by atoms with Gasteiger partial charge in [0.1, 0.15) is 0 Å². The average Bonchev–Trinajstić information content (AvgIpc) is 3.01. The number of carbonyl (C=O) groups is 2. The first-order valence-corrected chi connectivity index (χ1v) is 9.13. The lowest BCUT2D eigenvalue weighted by molar-refractivity contribution is -0.134. The quantitative estimate of drug-likeness (QED) is 0.687. The van der Waals surface area contributed by atoms with Gasteiger partial charge in [-0.05, 0) is 49.1 Å². The average molecular weight is 389 g/mol. The van der Waals surface area contributed by atoms with E-state index < -0.39 is 11.9 Å². The third-order valence-corrected chi connectivity index (χ3v) is 5.03. The molecule has 6 nitrogen and oxygen atoms in total. The molecule has 27 heavy (non-hydrogen) atoms. The van der Waals surface area contributed by atoms with Crippen molar-refractivity contribution >= 4 is 23.5 Å². The van der Waals surface area contributed by atoms with E-state index >= 15 is 0 Å². The van der Waals surface area contributed by atoms with Crippen LogP contribution >= 0.6 is 11.6 Å². The smallest absolute Gasteiger partial charge is 0.328 e. The van der Waals surface area contributed by atoms with Gasteiger partial charge in [0.05, 0.1) is 5.69 Å². The van der Waals surface area contributed by atoms with Gasteiger partial charge in [-0.1, -0.05) is 17.7 Å². The maximum absolute atomic E-state index is 9.55. The first kappa shape index (κ1) is 19.2. The molecule has 2 aliphatic rings. The molecule has 1 aromatic carbocycles. The van der Waals surface area contributed by atoms with E-state index in [0.717, 1.165) is 31.0 Å². The lowest BCUT2D eigenvalue weighted by Crippen LogP contribution is -2.31. The zero-order valence-corrected chi connectivity index (χ0v) is 15.7. The van der Waals surface area contributed by atoms with Crippen LogP contribution in [0.1, 0.15) is 29.8 Å². The molecule has 0 saturated carbocycles. The highest BCUT2D eigenvalue weighted by atomic mass is 35.5. The minimum absolute atomic E-state index is 0.454. The summed E-state index contributed by atoms with van der Waals surface area (Å²) >= 11 is 6.13. The number of nitrogens with zero attached hydrogens (tertiary/aromatic N) is 1. The van der Waals surface area contributed by atoms with Crippen LogP contribution in [-0.4, -0.2) is 33.3 Å². The van der Waals surface area contributed by atoms with Gasteiger partial charge >= 0.3 is 11.9 Å². The number of halogens is 1. The summed E-state index contributed by atoms with van der Waals surface area (Å²) in [6, 6.07) is 9.18. The van der Waals surface area contributed by atoms with E-state index in [1.165, 1.54) is 28.1 Å². The van der Waals surface area contributed by atoms with E-state index in [2.05, 4.69) is 35.0 Å². The normalized spacial score (nSPS) is 17.3. The van der Waals surface area contributed by atoms with Gasteiger partial charge in [-0.3, -0.25) is 0 Å². The lowest BCUT2D eigenvalue weighted by atomic mass is 9.90. The largest absolute Gasteiger partial charge is 0.478 e. The summed E-state index contributed by atoms with van der Waals surface area (Å²) in [7, 11) is 0. The van der Waals surface area contributed by atoms with Gasteiger partial charge in [-0.15, -0.1) is 0 Å². The number of benzene rings is 1. The van der Waals surface area contributed by atoms with Gasteiger partial charge in [0, 0.05) is 47.6 Å². The van der Waals surface area contributed by atoms with E-state index in [1.54, 1.807) is 0 Å². The van der Waals surface area contributed by atoms with Crippen molar-refractivity contribution in [3.63, 3.8) is 0 Å². The molecule has 0 spiro atoms. The molecule has 1 aliphatic heterocycles. The highest BCUT2D eigenvalue weighted by molar-refractivity contribution is 6.30. The topological polar surface area (TPSA) is 91.6 Å². The zero-order chi connectivity index (χ0) is 19.6. The number of hydrogen-bond acceptors (Lipinski definition) is 3. The Bertz CT molecular complexity index is 901. The molecule has 0 amide bonds. The predicted octanol–water partition coefficient (Wildman–Crippen LogP) is 3.28. The summed E-state index contributed by atoms with van der Waals surface area (Å²) in [5.74, 6) is -2.51. The Morgan fingerprint density at radius 2 is 1.81 bits per heavy atom. The molecule has 0 saturated heterocycles. The summed E-state index contributed by atoms with van der Waals surface area (Å²) in [5, 5.41) is 20.0. The maximum atomic E-state index is 9.55. The van der Waals surface area contributed by atoms with Crippen molar-refractivity contribution in [3.05, 3.63) is 58.3 Å². The Balaban J connectivity index is 0.000000226. The van der Waals surface area contributed by atoms with Crippen LogP contribution < -0.4 is 5.32 Å². The van der Waals surface area contributed by atoms with Crippen LogP contribution in [0.5, 0.6) is 0 Å². The third-order valence-electron chi connectivity index (χ3n) is 4.79. The van der Waals surface area contributed by atoms with Gasteiger partial charge < -0.3 is 20.1 Å². The second-order valence-corrected chi connectivity index (χ2v) is 7.02. The highest BCUT2D eigenvalue weighted by Gasteiger charge is 2.26. The predicted molar refractivity (Wildman–Crippen MR) is 103 cm³/mol. The molecule has 142 valence electrons. The van der Waals surface area contributed by atoms with Crippen molar-refractivity contribution in [3.8, 4) is 11.3 Å². The minimum atomic E-state index is -1.26. The number of aliphatic carboxylic acids is 2. The van der Waals surface area contributed by atoms with Gasteiger partial charge in [-0.25, -0.2) is 9.59 Å². The molecule has 0 fully saturated rings. The fraction of sp³-hybridized carbons (Fsp3) is 0.300. The Morgan fingerprint density at radius 1 is 1.15 bits per heavy atom. The van der Waals surface area contributed by atoms with Crippen LogP contribution in [0.3, 0.4) is 0 Å². The van der Waals surface area contributed by atoms with Crippen molar-refractivity contribution in [2.75, 3.05) is 6.54 Å². The van der Waals surface area contributed by atoms with Crippen LogP contribution in [-0.2, 0) is 29.0 Å². The van der Waals surface area contributed by atoms with Crippen molar-refractivity contribution in [1.29, 1.82) is 0 Å². The number of hydrogen-bond donors (Lipinski definition) is 3. The maximum Gasteiger partial charge on any atom is 0.328 e. The molecule has 2 aromatic rings. The standard InChI is InChI=1S/C16H17ClN2.C4H4O4/c1-10-15-9-12-3-2-11-8-13(17)4-5-14(11)16(12)19(15)7-6-18-10;5-3(6)1-2-4(7)8/h4-5,8-10,18H,2-3,6-7H2,1H3;1-2H,(H,5,6)(H,7,8)/b;2-1+. The second kappa shape index (κ2) is 7.98. The molecular weight excluding hydrogens is 368 g/mol. The molecule has 1 atom stereocenters. The molecule has 0 radical (unpaired) electrons. The van der Waals surface area contributed by atoms with E-state index in [0.29, 0.717) is 18.2 Å². The number of nitrogens with one attached hydrogen (secondary N) is 1. The summed E-state index contributed by atoms with van der Waals surface area (Å²) in [4.78, 5) is 19.1. The Morgan fingerprint density at radius 3 is 2.48 bits per heavy atom. The molecular formula is C20H21ClN2O4. The van der Waals surface area contributed by atoms with Crippen molar-refractivity contribution in [2.24, 2.45) is 0 Å². The SMILES string of the molecule is CC1NCCn2c1cc1c2-c2ccc(Cl)cc2CC1.O=C(O)/C=C/C(=O)O. The number of aromatic nitrogens is 1. The molecule has 1 aliphatic carbocycles. The molecule has 0 bridgehead atoms. The number of carboxylic acids is 2. The van der Waals surface area contributed by atoms with Crippen LogP contribution in [0, 0.1) is 0 Å². The van der Waals surface area contributed by atoms with Crippen molar-refractivity contribution in [2.45, 2.75) is 32.4 Å². The van der Waals surface area contributed by atoms with Crippen LogP contribution in [0.15, 0.2) is 36.4 Å². The zero-order valence-electron chi connectivity index (χ0n) is 14.9. The summed E-state index contributed by atoms with van der Waals surface area (Å²) < 4.78 is 2.50. The van der Waals surface area contributed by atoms with Crippen molar-refractivity contribution in [1.82, 2.24) is 9.88 Å². The monoisotopic (exact) mass is 388 g/mol. The Hall–Kier alpha value is -2.57. The number of fused-ring (bicyclic) bond motifs is 5. The fourth-order valence-corrected chi connectivity index (χ4v) is 3.84. The molecule has 1 aromatic heterocycles. The van der Waals surface area contributed by atoms with Crippen molar-refractivity contribution < 1.29 is 19.8 Å². The molecule has 1 unspecified atom stereocenters. The van der Waals surface area contributed by atoms with Gasteiger partial charge in [0.15, 0.2) is 0 Å². The second-order valence-electron chi connectivity index (χ2n) is 6.58. The molecule has 7 heteroatoms. The Labute approximate surface area is 162 Å². The third kappa shape index (κ3) is 4.23. The number of rotatable bonds is 2. The summed E-state index contributed by atoms with van der Waals surface area (Å²) in [6.45, 7) is 4.37. The highest BCUT2D eigenvalue weighted by Crippen LogP contribution is 2.39. The van der Waals surface area contributed by atoms with Crippen LogP contribution in [0.2, 0.25) is 5.02 Å². The first-order valence-electron chi connectivity index (χ1n) is 8.75. The van der Waals surface area contributed by atoms with E-state index in [-0.39, 0.29) is 0 Å². The summed E-state index contributed by atoms with van der Waals surface area (Å²) in [6.07, 6.45) is 3.36. The van der Waals surface area contributed by atoms with Crippen LogP contribution in [0.4, 0.5) is 0 Å². The van der Waals surface area contributed by atoms with Gasteiger partial charge in [0.25, 0.3) is 0 Å². The van der Waals surface area contributed by atoms with Gasteiger partial charge in [-0.2, -0.15) is 0 Å². The fourth-order valence-electron chi connectivity index (χ4n) is 3.65. The summed E-state index contributed by atoms with van der Waals surface area (Å²) in [5.41, 5.74) is 7.14. The number of carboxylic acid groups (broad SMARTS) is 2. The first-order chi connectivity index (χ1) is 12.9. The molecule has 3 N–H and O–H groups in total. The minimum Gasteiger partial charge on any atom is -0.478 e. The van der Waals surface area contributed by atoms with E-state index in [1.807, 2.05) is 6.07 Å². The van der Waals surface area contributed by atoms with E-state index in [4.69, 9.17) is 21.8 Å². The molecule has 2 heterocycles. The number of aryl methyl sites for hydroxylation is 2. The molecule has 4 rings (SSSR count). The van der Waals surface area contributed by atoms with E-state index in [9.17, 15) is 9.59 Å². The van der Waals surface area contributed by atoms with Crippen LogP contribution in [0.25, 0.3) is 11.3 Å².